The van der Waals surface area contributed by atoms with Gasteiger partial charge in [0.1, 0.15) is 17.4 Å². The van der Waals surface area contributed by atoms with E-state index in [1.807, 2.05) is 42.5 Å². The van der Waals surface area contributed by atoms with E-state index in [4.69, 9.17) is 19.9 Å². The van der Waals surface area contributed by atoms with Gasteiger partial charge in [-0.1, -0.05) is 29.5 Å². The molecule has 3 aromatic rings. The van der Waals surface area contributed by atoms with Crippen molar-refractivity contribution in [3.05, 3.63) is 74.6 Å². The molecule has 0 spiro atoms. The van der Waals surface area contributed by atoms with Gasteiger partial charge in [-0.25, -0.2) is 0 Å². The molecule has 2 aliphatic rings. The molecule has 1 aromatic heterocycles. The average molecular weight is 447 g/mol. The Morgan fingerprint density at radius 3 is 2.69 bits per heavy atom. The highest BCUT2D eigenvalue weighted by Gasteiger charge is 2.35. The second-order valence-corrected chi connectivity index (χ2v) is 9.00. The van der Waals surface area contributed by atoms with E-state index in [2.05, 4.69) is 6.07 Å². The minimum atomic E-state index is -0.647. The van der Waals surface area contributed by atoms with Crippen molar-refractivity contribution in [3.8, 4) is 23.3 Å². The summed E-state index contributed by atoms with van der Waals surface area (Å²) < 4.78 is 18.2. The quantitative estimate of drug-likeness (QED) is 0.618. The zero-order valence-corrected chi connectivity index (χ0v) is 18.4. The first-order valence-electron chi connectivity index (χ1n) is 10.6. The lowest BCUT2D eigenvalue weighted by atomic mass is 9.84. The van der Waals surface area contributed by atoms with Crippen LogP contribution in [0.4, 0.5) is 0 Å². The fourth-order valence-corrected chi connectivity index (χ4v) is 5.48. The first-order valence-corrected chi connectivity index (χ1v) is 11.4. The SMILES string of the molecule is COc1cc([C@H]2C(C#N)=C(N)Oc3c2c(=O)sc2ccccc32)ccc1OC1CCCC1. The van der Waals surface area contributed by atoms with Gasteiger partial charge in [-0.2, -0.15) is 5.26 Å². The zero-order valence-electron chi connectivity index (χ0n) is 17.6. The Balaban J connectivity index is 1.66. The molecular weight excluding hydrogens is 424 g/mol. The first-order chi connectivity index (χ1) is 15.6. The molecule has 2 N–H and O–H groups in total. The molecule has 0 radical (unpaired) electrons. The van der Waals surface area contributed by atoms with Crippen LogP contribution in [0.3, 0.4) is 0 Å². The highest BCUT2D eigenvalue weighted by atomic mass is 32.1. The van der Waals surface area contributed by atoms with Crippen LogP contribution in [0.5, 0.6) is 17.2 Å². The summed E-state index contributed by atoms with van der Waals surface area (Å²) in [5.74, 6) is 1.00. The number of methoxy groups -OCH3 is 1. The van der Waals surface area contributed by atoms with Gasteiger partial charge in [0.15, 0.2) is 11.5 Å². The molecule has 1 saturated carbocycles. The number of allylic oxidation sites excluding steroid dienone is 1. The Kier molecular flexibility index (Phi) is 5.24. The maximum absolute atomic E-state index is 13.2. The van der Waals surface area contributed by atoms with Crippen molar-refractivity contribution in [1.82, 2.24) is 0 Å². The number of benzene rings is 2. The number of rotatable bonds is 4. The first kappa shape index (κ1) is 20.4. The molecule has 1 atom stereocenters. The molecule has 6 nitrogen and oxygen atoms in total. The summed E-state index contributed by atoms with van der Waals surface area (Å²) in [6.07, 6.45) is 4.58. The monoisotopic (exact) mass is 446 g/mol. The van der Waals surface area contributed by atoms with Gasteiger partial charge in [-0.15, -0.1) is 0 Å². The molecule has 32 heavy (non-hydrogen) atoms. The summed E-state index contributed by atoms with van der Waals surface area (Å²) in [5.41, 5.74) is 7.52. The number of nitrogens with zero attached hydrogens (tertiary/aromatic N) is 1. The third-order valence-corrected chi connectivity index (χ3v) is 7.07. The van der Waals surface area contributed by atoms with E-state index in [1.54, 1.807) is 7.11 Å². The second kappa shape index (κ2) is 8.21. The summed E-state index contributed by atoms with van der Waals surface area (Å²) in [6.45, 7) is 0. The van der Waals surface area contributed by atoms with Gasteiger partial charge >= 0.3 is 0 Å². The number of nitriles is 1. The van der Waals surface area contributed by atoms with Crippen LogP contribution >= 0.6 is 11.3 Å². The highest BCUT2D eigenvalue weighted by molar-refractivity contribution is 7.16. The summed E-state index contributed by atoms with van der Waals surface area (Å²) >= 11 is 1.14. The van der Waals surface area contributed by atoms with Gasteiger partial charge in [0.25, 0.3) is 0 Å². The molecule has 2 aromatic carbocycles. The second-order valence-electron chi connectivity index (χ2n) is 7.99. The van der Waals surface area contributed by atoms with Gasteiger partial charge in [0, 0.05) is 10.1 Å². The van der Waals surface area contributed by atoms with E-state index in [0.717, 1.165) is 39.8 Å². The molecule has 1 aliphatic carbocycles. The van der Waals surface area contributed by atoms with Crippen molar-refractivity contribution in [2.75, 3.05) is 7.11 Å². The van der Waals surface area contributed by atoms with E-state index in [0.29, 0.717) is 22.8 Å². The summed E-state index contributed by atoms with van der Waals surface area (Å²) in [5, 5.41) is 10.7. The van der Waals surface area contributed by atoms with Gasteiger partial charge in [-0.05, 0) is 55.5 Å². The fraction of sp³-hybridized carbons (Fsp3) is 0.280. The average Bonchev–Trinajstić information content (AvgIpc) is 3.32. The molecular formula is C25H22N2O4S. The van der Waals surface area contributed by atoms with Gasteiger partial charge in [0.2, 0.25) is 10.6 Å². The summed E-state index contributed by atoms with van der Waals surface area (Å²) in [7, 11) is 1.59. The Morgan fingerprint density at radius 2 is 1.94 bits per heavy atom. The lowest BCUT2D eigenvalue weighted by Crippen LogP contribution is -2.25. The number of ether oxygens (including phenoxy) is 3. The minimum Gasteiger partial charge on any atom is -0.493 e. The van der Waals surface area contributed by atoms with Gasteiger partial charge in [0.05, 0.1) is 24.7 Å². The zero-order chi connectivity index (χ0) is 22.2. The number of fused-ring (bicyclic) bond motifs is 3. The highest BCUT2D eigenvalue weighted by Crippen LogP contribution is 2.46. The van der Waals surface area contributed by atoms with Crippen LogP contribution in [0.2, 0.25) is 0 Å². The summed E-state index contributed by atoms with van der Waals surface area (Å²) in [4.78, 5) is 13.2. The van der Waals surface area contributed by atoms with Crippen LogP contribution < -0.4 is 24.7 Å². The smallest absolute Gasteiger partial charge is 0.240 e. The Bertz CT molecular complexity index is 1330. The molecule has 5 rings (SSSR count). The maximum Gasteiger partial charge on any atom is 0.240 e. The van der Waals surface area contributed by atoms with E-state index < -0.39 is 5.92 Å². The standard InChI is InChI=1S/C25H22N2O4S/c1-29-19-12-14(10-11-18(19)30-15-6-2-3-7-15)21-17(13-26)24(27)31-23-16-8-4-5-9-20(16)32-25(28)22(21)23/h4-5,8-12,15,21H,2-3,6-7,27H2,1H3/t21-/m0/s1. The van der Waals surface area contributed by atoms with Gasteiger partial charge in [-0.3, -0.25) is 4.79 Å². The van der Waals surface area contributed by atoms with Crippen LogP contribution in [-0.4, -0.2) is 13.2 Å². The van der Waals surface area contributed by atoms with Crippen molar-refractivity contribution in [3.63, 3.8) is 0 Å². The van der Waals surface area contributed by atoms with Crippen LogP contribution in [-0.2, 0) is 0 Å². The van der Waals surface area contributed by atoms with E-state index in [-0.39, 0.29) is 22.3 Å². The van der Waals surface area contributed by atoms with Crippen LogP contribution in [0.1, 0.15) is 42.7 Å². The molecule has 2 heterocycles. The minimum absolute atomic E-state index is 0.0102. The third-order valence-electron chi connectivity index (χ3n) is 6.09. The van der Waals surface area contributed by atoms with E-state index in [1.165, 1.54) is 12.8 Å². The lowest BCUT2D eigenvalue weighted by Gasteiger charge is -2.27. The normalized spacial score (nSPS) is 18.2. The fourth-order valence-electron chi connectivity index (χ4n) is 4.55. The van der Waals surface area contributed by atoms with E-state index in [9.17, 15) is 10.1 Å². The Hall–Kier alpha value is -3.50. The molecule has 0 unspecified atom stereocenters. The largest absolute Gasteiger partial charge is 0.493 e. The van der Waals surface area contributed by atoms with Crippen molar-refractivity contribution in [2.45, 2.75) is 37.7 Å². The van der Waals surface area contributed by atoms with Crippen LogP contribution in [0.25, 0.3) is 10.1 Å². The number of nitrogens with two attached hydrogens (primary N) is 1. The van der Waals surface area contributed by atoms with Crippen molar-refractivity contribution in [2.24, 2.45) is 5.73 Å². The number of hydrogen-bond acceptors (Lipinski definition) is 7. The van der Waals surface area contributed by atoms with Crippen molar-refractivity contribution in [1.29, 1.82) is 5.26 Å². The van der Waals surface area contributed by atoms with Crippen LogP contribution in [0, 0.1) is 11.3 Å². The van der Waals surface area contributed by atoms with Crippen molar-refractivity contribution >= 4 is 21.4 Å². The number of hydrogen-bond donors (Lipinski definition) is 1. The van der Waals surface area contributed by atoms with Crippen LogP contribution in [0.15, 0.2) is 58.7 Å². The topological polar surface area (TPSA) is 94.6 Å². The predicted octanol–water partition coefficient (Wildman–Crippen LogP) is 4.81. The lowest BCUT2D eigenvalue weighted by molar-refractivity contribution is 0.200. The molecule has 7 heteroatoms. The molecule has 162 valence electrons. The predicted molar refractivity (Wildman–Crippen MR) is 123 cm³/mol. The Morgan fingerprint density at radius 1 is 1.16 bits per heavy atom. The molecule has 0 amide bonds. The molecule has 0 bridgehead atoms. The third kappa shape index (κ3) is 3.37. The molecule has 0 saturated heterocycles. The Labute approximate surface area is 189 Å². The van der Waals surface area contributed by atoms with Gasteiger partial charge < -0.3 is 19.9 Å². The summed E-state index contributed by atoms with van der Waals surface area (Å²) in [6, 6.07) is 15.2. The van der Waals surface area contributed by atoms with Crippen molar-refractivity contribution < 1.29 is 14.2 Å². The molecule has 1 aliphatic heterocycles. The van der Waals surface area contributed by atoms with E-state index >= 15 is 0 Å². The maximum atomic E-state index is 13.2. The molecule has 1 fully saturated rings.